The first-order chi connectivity index (χ1) is 8.16. The highest BCUT2D eigenvalue weighted by atomic mass is 35.5. The number of aliphatic hydroxyl groups is 1. The lowest BCUT2D eigenvalue weighted by Gasteiger charge is -2.08. The van der Waals surface area contributed by atoms with E-state index in [0.717, 1.165) is 24.8 Å². The normalized spacial score (nSPS) is 10.3. The standard InChI is InChI=1S/C13H18ClNO2/c1-10-11(6-5-7-12(10)14)13(17)15-8-3-2-4-9-16/h5-7,16H,2-4,8-9H2,1H3,(H,15,17). The Kier molecular flexibility index (Phi) is 6.01. The van der Waals surface area contributed by atoms with Crippen molar-refractivity contribution in [3.05, 3.63) is 34.3 Å². The number of carbonyl (C=O) groups excluding carboxylic acids is 1. The minimum Gasteiger partial charge on any atom is -0.396 e. The third-order valence-electron chi connectivity index (χ3n) is 2.63. The first-order valence-corrected chi connectivity index (χ1v) is 6.18. The van der Waals surface area contributed by atoms with Crippen LogP contribution in [0.4, 0.5) is 0 Å². The minimum absolute atomic E-state index is 0.0889. The van der Waals surface area contributed by atoms with Gasteiger partial charge in [0.15, 0.2) is 0 Å². The fraction of sp³-hybridized carbons (Fsp3) is 0.462. The molecule has 0 aliphatic carbocycles. The van der Waals surface area contributed by atoms with Gasteiger partial charge in [-0.1, -0.05) is 17.7 Å². The molecule has 4 heteroatoms. The van der Waals surface area contributed by atoms with Crippen molar-refractivity contribution < 1.29 is 9.90 Å². The second kappa shape index (κ2) is 7.30. The Morgan fingerprint density at radius 3 is 2.82 bits per heavy atom. The van der Waals surface area contributed by atoms with E-state index in [0.29, 0.717) is 17.1 Å². The van der Waals surface area contributed by atoms with E-state index in [1.54, 1.807) is 18.2 Å². The molecular formula is C13H18ClNO2. The summed E-state index contributed by atoms with van der Waals surface area (Å²) in [6.07, 6.45) is 2.59. The van der Waals surface area contributed by atoms with Crippen LogP contribution in [-0.2, 0) is 0 Å². The molecule has 0 atom stereocenters. The Hall–Kier alpha value is -1.06. The molecule has 0 saturated heterocycles. The molecule has 2 N–H and O–H groups in total. The fourth-order valence-electron chi connectivity index (χ4n) is 1.56. The van der Waals surface area contributed by atoms with Crippen LogP contribution in [0.25, 0.3) is 0 Å². The highest BCUT2D eigenvalue weighted by molar-refractivity contribution is 6.31. The second-order valence-corrected chi connectivity index (χ2v) is 4.36. The van der Waals surface area contributed by atoms with Gasteiger partial charge >= 0.3 is 0 Å². The van der Waals surface area contributed by atoms with Gasteiger partial charge in [0.2, 0.25) is 0 Å². The molecule has 0 spiro atoms. The van der Waals surface area contributed by atoms with E-state index in [1.807, 2.05) is 6.92 Å². The summed E-state index contributed by atoms with van der Waals surface area (Å²) in [4.78, 5) is 11.8. The minimum atomic E-state index is -0.0889. The van der Waals surface area contributed by atoms with Gasteiger partial charge in [0.25, 0.3) is 5.91 Å². The van der Waals surface area contributed by atoms with Gasteiger partial charge in [0.1, 0.15) is 0 Å². The average molecular weight is 256 g/mol. The van der Waals surface area contributed by atoms with Crippen LogP contribution in [0.3, 0.4) is 0 Å². The van der Waals surface area contributed by atoms with Gasteiger partial charge in [-0.25, -0.2) is 0 Å². The number of nitrogens with one attached hydrogen (secondary N) is 1. The third-order valence-corrected chi connectivity index (χ3v) is 3.04. The van der Waals surface area contributed by atoms with Gasteiger partial charge in [-0.05, 0) is 43.9 Å². The third kappa shape index (κ3) is 4.36. The van der Waals surface area contributed by atoms with Gasteiger partial charge < -0.3 is 10.4 Å². The summed E-state index contributed by atoms with van der Waals surface area (Å²) in [6, 6.07) is 5.31. The Morgan fingerprint density at radius 1 is 1.35 bits per heavy atom. The molecule has 1 amide bonds. The summed E-state index contributed by atoms with van der Waals surface area (Å²) < 4.78 is 0. The van der Waals surface area contributed by atoms with Gasteiger partial charge in [0, 0.05) is 23.7 Å². The van der Waals surface area contributed by atoms with E-state index in [4.69, 9.17) is 16.7 Å². The molecule has 0 saturated carbocycles. The molecule has 0 aromatic heterocycles. The largest absolute Gasteiger partial charge is 0.396 e. The lowest BCUT2D eigenvalue weighted by Crippen LogP contribution is -2.25. The lowest BCUT2D eigenvalue weighted by molar-refractivity contribution is 0.0952. The quantitative estimate of drug-likeness (QED) is 0.768. The molecule has 1 aromatic carbocycles. The molecule has 1 aromatic rings. The molecule has 0 heterocycles. The van der Waals surface area contributed by atoms with Gasteiger partial charge in [-0.3, -0.25) is 4.79 Å². The van der Waals surface area contributed by atoms with Gasteiger partial charge in [0.05, 0.1) is 0 Å². The predicted octanol–water partition coefficient (Wildman–Crippen LogP) is 2.54. The monoisotopic (exact) mass is 255 g/mol. The number of aliphatic hydroxyl groups excluding tert-OH is 1. The summed E-state index contributed by atoms with van der Waals surface area (Å²) >= 11 is 5.95. The van der Waals surface area contributed by atoms with Crippen molar-refractivity contribution in [1.82, 2.24) is 5.32 Å². The van der Waals surface area contributed by atoms with Crippen molar-refractivity contribution in [2.75, 3.05) is 13.2 Å². The maximum Gasteiger partial charge on any atom is 0.251 e. The first kappa shape index (κ1) is 14.0. The highest BCUT2D eigenvalue weighted by Crippen LogP contribution is 2.18. The van der Waals surface area contributed by atoms with Crippen LogP contribution >= 0.6 is 11.6 Å². The van der Waals surface area contributed by atoms with Crippen molar-refractivity contribution in [1.29, 1.82) is 0 Å². The maximum atomic E-state index is 11.8. The van der Waals surface area contributed by atoms with Crippen LogP contribution in [0, 0.1) is 6.92 Å². The smallest absolute Gasteiger partial charge is 0.251 e. The number of halogens is 1. The molecule has 94 valence electrons. The Balaban J connectivity index is 2.44. The highest BCUT2D eigenvalue weighted by Gasteiger charge is 2.09. The Labute approximate surface area is 107 Å². The number of benzene rings is 1. The molecular weight excluding hydrogens is 238 g/mol. The van der Waals surface area contributed by atoms with Crippen LogP contribution in [0.2, 0.25) is 5.02 Å². The number of hydrogen-bond donors (Lipinski definition) is 2. The lowest BCUT2D eigenvalue weighted by atomic mass is 10.1. The first-order valence-electron chi connectivity index (χ1n) is 5.81. The van der Waals surface area contributed by atoms with Crippen molar-refractivity contribution in [2.24, 2.45) is 0 Å². The molecule has 0 fully saturated rings. The summed E-state index contributed by atoms with van der Waals surface area (Å²) in [5.74, 6) is -0.0889. The van der Waals surface area contributed by atoms with E-state index < -0.39 is 0 Å². The fourth-order valence-corrected chi connectivity index (χ4v) is 1.74. The van der Waals surface area contributed by atoms with Crippen molar-refractivity contribution in [3.63, 3.8) is 0 Å². The molecule has 3 nitrogen and oxygen atoms in total. The van der Waals surface area contributed by atoms with Crippen LogP contribution in [-0.4, -0.2) is 24.2 Å². The van der Waals surface area contributed by atoms with Crippen molar-refractivity contribution in [3.8, 4) is 0 Å². The van der Waals surface area contributed by atoms with Crippen molar-refractivity contribution in [2.45, 2.75) is 26.2 Å². The second-order valence-electron chi connectivity index (χ2n) is 3.95. The molecule has 1 rings (SSSR count). The summed E-state index contributed by atoms with van der Waals surface area (Å²) in [5.41, 5.74) is 1.43. The van der Waals surface area contributed by atoms with E-state index >= 15 is 0 Å². The zero-order valence-corrected chi connectivity index (χ0v) is 10.8. The Bertz CT molecular complexity index is 380. The number of hydrogen-bond acceptors (Lipinski definition) is 2. The SMILES string of the molecule is Cc1c(Cl)cccc1C(=O)NCCCCCO. The molecule has 0 bridgehead atoms. The molecule has 17 heavy (non-hydrogen) atoms. The Morgan fingerprint density at radius 2 is 2.12 bits per heavy atom. The summed E-state index contributed by atoms with van der Waals surface area (Å²) in [6.45, 7) is 2.68. The maximum absolute atomic E-state index is 11.8. The van der Waals surface area contributed by atoms with Crippen LogP contribution in [0.1, 0.15) is 35.2 Å². The molecule has 0 aliphatic heterocycles. The predicted molar refractivity (Wildman–Crippen MR) is 69.5 cm³/mol. The topological polar surface area (TPSA) is 49.3 Å². The van der Waals surface area contributed by atoms with Gasteiger partial charge in [-0.15, -0.1) is 0 Å². The molecule has 0 radical (unpaired) electrons. The van der Waals surface area contributed by atoms with E-state index in [1.165, 1.54) is 0 Å². The van der Waals surface area contributed by atoms with E-state index in [-0.39, 0.29) is 12.5 Å². The molecule has 0 unspecified atom stereocenters. The number of amides is 1. The van der Waals surface area contributed by atoms with Gasteiger partial charge in [-0.2, -0.15) is 0 Å². The van der Waals surface area contributed by atoms with E-state index in [9.17, 15) is 4.79 Å². The average Bonchev–Trinajstić information content (AvgIpc) is 2.32. The van der Waals surface area contributed by atoms with Crippen LogP contribution in [0.5, 0.6) is 0 Å². The summed E-state index contributed by atoms with van der Waals surface area (Å²) in [5, 5.41) is 12.1. The zero-order valence-electron chi connectivity index (χ0n) is 10.0. The number of carbonyl (C=O) groups is 1. The van der Waals surface area contributed by atoms with Crippen LogP contribution < -0.4 is 5.32 Å². The zero-order chi connectivity index (χ0) is 12.7. The van der Waals surface area contributed by atoms with Crippen molar-refractivity contribution >= 4 is 17.5 Å². The molecule has 0 aliphatic rings. The van der Waals surface area contributed by atoms with E-state index in [2.05, 4.69) is 5.32 Å². The summed E-state index contributed by atoms with van der Waals surface area (Å²) in [7, 11) is 0. The van der Waals surface area contributed by atoms with Crippen LogP contribution in [0.15, 0.2) is 18.2 Å². The number of rotatable bonds is 6. The number of unbranched alkanes of at least 4 members (excludes halogenated alkanes) is 2.